The molecule has 0 saturated carbocycles. The number of fused-ring (bicyclic) bond motifs is 1. The number of carbonyl (C=O) groups excluding carboxylic acids is 1. The molecule has 0 aliphatic carbocycles. The first kappa shape index (κ1) is 24.5. The Labute approximate surface area is 204 Å². The minimum absolute atomic E-state index is 0.110. The van der Waals surface area contributed by atoms with Gasteiger partial charge in [0.1, 0.15) is 22.9 Å². The van der Waals surface area contributed by atoms with Crippen molar-refractivity contribution in [2.45, 2.75) is 52.1 Å². The average Bonchev–Trinajstić information content (AvgIpc) is 2.82. The molecule has 4 rings (SSSR count). The van der Waals surface area contributed by atoms with E-state index in [1.54, 1.807) is 6.20 Å². The van der Waals surface area contributed by atoms with E-state index in [4.69, 9.17) is 4.74 Å². The first-order valence-electron chi connectivity index (χ1n) is 11.4. The van der Waals surface area contributed by atoms with Gasteiger partial charge in [-0.15, -0.1) is 0 Å². The number of aromatic nitrogens is 2. The fourth-order valence-corrected chi connectivity index (χ4v) is 5.20. The molecule has 0 radical (unpaired) electrons. The normalized spacial score (nSPS) is 18.3. The van der Waals surface area contributed by atoms with E-state index in [0.29, 0.717) is 17.5 Å². The lowest BCUT2D eigenvalue weighted by Gasteiger charge is -2.44. The number of pyridine rings is 2. The Bertz CT molecular complexity index is 1110. The van der Waals surface area contributed by atoms with Crippen LogP contribution in [0.5, 0.6) is 5.75 Å². The van der Waals surface area contributed by atoms with Crippen LogP contribution in [-0.2, 0) is 6.42 Å². The van der Waals surface area contributed by atoms with Gasteiger partial charge in [-0.25, -0.2) is 14.4 Å². The van der Waals surface area contributed by atoms with Crippen LogP contribution in [0.25, 0.3) is 11.3 Å². The van der Waals surface area contributed by atoms with E-state index in [1.807, 2.05) is 6.07 Å². The highest BCUT2D eigenvalue weighted by Gasteiger charge is 2.39. The molecule has 2 aliphatic rings. The highest BCUT2D eigenvalue weighted by Crippen LogP contribution is 2.40. The molecule has 0 atom stereocenters. The van der Waals surface area contributed by atoms with Gasteiger partial charge in [0.2, 0.25) is 0 Å². The summed E-state index contributed by atoms with van der Waals surface area (Å²) in [7, 11) is 0. The van der Waals surface area contributed by atoms with E-state index in [0.717, 1.165) is 61.8 Å². The fourth-order valence-electron chi connectivity index (χ4n) is 4.27. The van der Waals surface area contributed by atoms with Crippen LogP contribution in [0.3, 0.4) is 0 Å². The fraction of sp³-hybridized carbons (Fsp3) is 0.480. The van der Waals surface area contributed by atoms with Crippen molar-refractivity contribution in [3.8, 4) is 17.0 Å². The van der Waals surface area contributed by atoms with E-state index in [-0.39, 0.29) is 16.7 Å². The van der Waals surface area contributed by atoms with E-state index in [1.165, 1.54) is 24.2 Å². The molecular weight excluding hydrogens is 453 g/mol. The summed E-state index contributed by atoms with van der Waals surface area (Å²) in [6.07, 6.45) is 7.33. The van der Waals surface area contributed by atoms with Crippen LogP contribution in [0, 0.1) is 11.2 Å². The summed E-state index contributed by atoms with van der Waals surface area (Å²) in [5.74, 6) is 1.74. The Morgan fingerprint density at radius 1 is 1.26 bits per heavy atom. The van der Waals surface area contributed by atoms with Gasteiger partial charge in [-0.1, -0.05) is 20.8 Å². The number of amidine groups is 1. The molecule has 1 saturated heterocycles. The molecule has 2 aromatic heterocycles. The second-order valence-electron chi connectivity index (χ2n) is 9.87. The first-order chi connectivity index (χ1) is 16.2. The zero-order valence-electron chi connectivity index (χ0n) is 19.9. The quantitative estimate of drug-likeness (QED) is 0.258. The molecule has 2 aliphatic heterocycles. The van der Waals surface area contributed by atoms with Crippen molar-refractivity contribution < 1.29 is 13.9 Å². The molecule has 1 fully saturated rings. The largest absolute Gasteiger partial charge is 0.485 e. The second kappa shape index (κ2) is 9.92. The number of nitrogens with zero attached hydrogens (tertiary/aromatic N) is 5. The molecule has 7 nitrogen and oxygen atoms in total. The van der Waals surface area contributed by atoms with Gasteiger partial charge < -0.3 is 4.74 Å². The van der Waals surface area contributed by atoms with E-state index >= 15 is 0 Å². The topological polar surface area (TPSA) is 80.0 Å². The molecule has 4 heterocycles. The van der Waals surface area contributed by atoms with Crippen LogP contribution in [-0.4, -0.2) is 58.3 Å². The van der Waals surface area contributed by atoms with Crippen LogP contribution in [0.2, 0.25) is 0 Å². The van der Waals surface area contributed by atoms with Crippen LogP contribution < -0.4 is 4.74 Å². The predicted molar refractivity (Wildman–Crippen MR) is 134 cm³/mol. The van der Waals surface area contributed by atoms with Gasteiger partial charge >= 0.3 is 0 Å². The third-order valence-electron chi connectivity index (χ3n) is 6.38. The van der Waals surface area contributed by atoms with E-state index in [2.05, 4.69) is 51.7 Å². The van der Waals surface area contributed by atoms with Crippen LogP contribution in [0.4, 0.5) is 4.39 Å². The molecular formula is C25H30FN5O2S. The molecule has 0 bridgehead atoms. The Kier molecular flexibility index (Phi) is 7.14. The zero-order chi connectivity index (χ0) is 24.3. The highest BCUT2D eigenvalue weighted by atomic mass is 32.2. The first-order valence-corrected chi connectivity index (χ1v) is 12.4. The van der Waals surface area contributed by atoms with Gasteiger partial charge in [-0.05, 0) is 62.0 Å². The third-order valence-corrected chi connectivity index (χ3v) is 7.16. The number of aryl methyl sites for hydroxylation is 1. The number of halogens is 1. The predicted octanol–water partition coefficient (Wildman–Crippen LogP) is 5.01. The van der Waals surface area contributed by atoms with Crippen LogP contribution in [0.15, 0.2) is 33.9 Å². The summed E-state index contributed by atoms with van der Waals surface area (Å²) in [6.45, 7) is 11.8. The number of likely N-dealkylation sites (tertiary alicyclic amines) is 1. The molecule has 9 heteroatoms. The van der Waals surface area contributed by atoms with Gasteiger partial charge in [-0.3, -0.25) is 14.7 Å². The summed E-state index contributed by atoms with van der Waals surface area (Å²) < 4.78 is 25.0. The zero-order valence-corrected chi connectivity index (χ0v) is 20.7. The van der Waals surface area contributed by atoms with Gasteiger partial charge in [0, 0.05) is 30.3 Å². The number of ether oxygens (including phenoxy) is 1. The standard InChI is InChI=1S/C25H30FN5O2S/c1-24(2,3)23(27-4)30-34-16-31-9-7-25(8-10-31)6-5-17-12-20(29-14-22(17)33-25)18-11-19(26)21(15-32)28-13-18/h11-15H,4-10,16H2,1-3H3/b30-23-. The Morgan fingerprint density at radius 3 is 2.68 bits per heavy atom. The van der Waals surface area contributed by atoms with Crippen LogP contribution >= 0.6 is 11.9 Å². The number of aldehydes is 1. The lowest BCUT2D eigenvalue weighted by Crippen LogP contribution is -2.49. The summed E-state index contributed by atoms with van der Waals surface area (Å²) in [5.41, 5.74) is 1.75. The Hall–Kier alpha value is -2.65. The van der Waals surface area contributed by atoms with Gasteiger partial charge in [0.25, 0.3) is 0 Å². The van der Waals surface area contributed by atoms with Gasteiger partial charge in [0.05, 0.1) is 17.8 Å². The van der Waals surface area contributed by atoms with Crippen molar-refractivity contribution in [1.29, 1.82) is 0 Å². The van der Waals surface area contributed by atoms with E-state index < -0.39 is 5.82 Å². The summed E-state index contributed by atoms with van der Waals surface area (Å²) in [5, 5.41) is 0. The third kappa shape index (κ3) is 5.36. The Morgan fingerprint density at radius 2 is 2.03 bits per heavy atom. The average molecular weight is 484 g/mol. The second-order valence-corrected chi connectivity index (χ2v) is 10.6. The van der Waals surface area contributed by atoms with Crippen molar-refractivity contribution >= 4 is 30.8 Å². The van der Waals surface area contributed by atoms with Crippen molar-refractivity contribution in [2.75, 3.05) is 19.0 Å². The van der Waals surface area contributed by atoms with Crippen molar-refractivity contribution in [3.05, 3.63) is 41.6 Å². The maximum Gasteiger partial charge on any atom is 0.171 e. The van der Waals surface area contributed by atoms with Crippen molar-refractivity contribution in [1.82, 2.24) is 14.9 Å². The maximum atomic E-state index is 14.0. The molecule has 0 unspecified atom stereocenters. The number of aliphatic imine (C=N–C) groups is 1. The number of rotatable bonds is 5. The lowest BCUT2D eigenvalue weighted by molar-refractivity contribution is -0.0104. The van der Waals surface area contributed by atoms with Crippen molar-refractivity contribution in [3.63, 3.8) is 0 Å². The minimum atomic E-state index is -0.645. The van der Waals surface area contributed by atoms with E-state index in [9.17, 15) is 9.18 Å². The van der Waals surface area contributed by atoms with Gasteiger partial charge in [0.15, 0.2) is 12.1 Å². The lowest BCUT2D eigenvalue weighted by atomic mass is 9.83. The monoisotopic (exact) mass is 483 g/mol. The van der Waals surface area contributed by atoms with Crippen molar-refractivity contribution in [2.24, 2.45) is 14.8 Å². The molecule has 34 heavy (non-hydrogen) atoms. The smallest absolute Gasteiger partial charge is 0.171 e. The summed E-state index contributed by atoms with van der Waals surface area (Å²) in [4.78, 5) is 25.6. The number of carbonyl (C=O) groups is 1. The number of hydrogen-bond acceptors (Lipinski definition) is 7. The molecule has 0 N–H and O–H groups in total. The Balaban J connectivity index is 1.37. The molecule has 1 spiro atoms. The summed E-state index contributed by atoms with van der Waals surface area (Å²) in [6, 6.07) is 3.23. The molecule has 0 aromatic carbocycles. The summed E-state index contributed by atoms with van der Waals surface area (Å²) >= 11 is 1.52. The molecule has 0 amide bonds. The minimum Gasteiger partial charge on any atom is -0.485 e. The highest BCUT2D eigenvalue weighted by molar-refractivity contribution is 7.98. The van der Waals surface area contributed by atoms with Gasteiger partial charge in [-0.2, -0.15) is 4.40 Å². The molecule has 2 aromatic rings. The number of hydrogen-bond donors (Lipinski definition) is 0. The molecule has 180 valence electrons. The SMILES string of the molecule is C=N/C(=N\SCN1CCC2(CCc3cc(-c4cnc(C=O)c(F)c4)ncc3O2)CC1)C(C)(C)C. The van der Waals surface area contributed by atoms with Crippen LogP contribution in [0.1, 0.15) is 56.1 Å². The maximum absolute atomic E-state index is 14.0. The number of piperidine rings is 1.